The molecule has 0 aliphatic carbocycles. The van der Waals surface area contributed by atoms with Gasteiger partial charge < -0.3 is 14.6 Å². The van der Waals surface area contributed by atoms with Crippen molar-refractivity contribution in [2.45, 2.75) is 13.0 Å². The summed E-state index contributed by atoms with van der Waals surface area (Å²) in [6.07, 6.45) is 8.15. The standard InChI is InChI=1S/C15H17N5O/c1-21-12-3-4-13-14(9-12)18-10-19-15(13)17-5-2-7-20-8-6-16-11-20/h3-4,6,8-11H,2,5,7H2,1H3,(H,17,18,19). The number of hydrogen-bond acceptors (Lipinski definition) is 5. The monoisotopic (exact) mass is 283 g/mol. The number of aryl methyl sites for hydroxylation is 1. The number of methoxy groups -OCH3 is 1. The highest BCUT2D eigenvalue weighted by molar-refractivity contribution is 5.89. The van der Waals surface area contributed by atoms with Crippen LogP contribution in [0.4, 0.5) is 5.82 Å². The Morgan fingerprint density at radius 1 is 1.29 bits per heavy atom. The summed E-state index contributed by atoms with van der Waals surface area (Å²) in [4.78, 5) is 12.6. The molecule has 0 aliphatic heterocycles. The van der Waals surface area contributed by atoms with Gasteiger partial charge in [-0.1, -0.05) is 0 Å². The molecule has 6 nitrogen and oxygen atoms in total. The molecule has 0 spiro atoms. The summed E-state index contributed by atoms with van der Waals surface area (Å²) in [6, 6.07) is 5.81. The van der Waals surface area contributed by atoms with Gasteiger partial charge in [-0.05, 0) is 18.6 Å². The Morgan fingerprint density at radius 3 is 3.05 bits per heavy atom. The van der Waals surface area contributed by atoms with E-state index >= 15 is 0 Å². The Kier molecular flexibility index (Phi) is 3.95. The van der Waals surface area contributed by atoms with Crippen LogP contribution in [0.1, 0.15) is 6.42 Å². The highest BCUT2D eigenvalue weighted by Crippen LogP contribution is 2.23. The largest absolute Gasteiger partial charge is 0.497 e. The molecule has 0 saturated carbocycles. The van der Waals surface area contributed by atoms with Crippen molar-refractivity contribution in [1.29, 1.82) is 0 Å². The Labute approximate surface area is 122 Å². The molecule has 0 saturated heterocycles. The lowest BCUT2D eigenvalue weighted by molar-refractivity contribution is 0.415. The minimum atomic E-state index is 0.798. The maximum absolute atomic E-state index is 5.21. The predicted molar refractivity (Wildman–Crippen MR) is 81.4 cm³/mol. The molecule has 0 unspecified atom stereocenters. The van der Waals surface area contributed by atoms with Crippen LogP contribution in [0.15, 0.2) is 43.2 Å². The number of benzene rings is 1. The zero-order valence-electron chi connectivity index (χ0n) is 11.9. The maximum atomic E-state index is 5.21. The number of fused-ring (bicyclic) bond motifs is 1. The number of rotatable bonds is 6. The zero-order valence-corrected chi connectivity index (χ0v) is 11.9. The third-order valence-electron chi connectivity index (χ3n) is 3.29. The number of hydrogen-bond donors (Lipinski definition) is 1. The van der Waals surface area contributed by atoms with E-state index in [2.05, 4.69) is 24.8 Å². The van der Waals surface area contributed by atoms with E-state index in [9.17, 15) is 0 Å². The summed E-state index contributed by atoms with van der Waals surface area (Å²) in [5.41, 5.74) is 0.876. The first-order valence-corrected chi connectivity index (χ1v) is 6.85. The normalized spacial score (nSPS) is 10.7. The molecular weight excluding hydrogens is 266 g/mol. The summed E-state index contributed by atoms with van der Waals surface area (Å²) in [7, 11) is 1.65. The Morgan fingerprint density at radius 2 is 2.24 bits per heavy atom. The van der Waals surface area contributed by atoms with E-state index in [-0.39, 0.29) is 0 Å². The fraction of sp³-hybridized carbons (Fsp3) is 0.267. The topological polar surface area (TPSA) is 64.9 Å². The van der Waals surface area contributed by atoms with Crippen LogP contribution in [0.3, 0.4) is 0 Å². The van der Waals surface area contributed by atoms with Crippen LogP contribution in [-0.2, 0) is 6.54 Å². The first-order valence-electron chi connectivity index (χ1n) is 6.85. The van der Waals surface area contributed by atoms with Gasteiger partial charge in [0.25, 0.3) is 0 Å². The van der Waals surface area contributed by atoms with Crippen LogP contribution in [0.25, 0.3) is 10.9 Å². The van der Waals surface area contributed by atoms with E-state index in [0.717, 1.165) is 42.0 Å². The van der Waals surface area contributed by atoms with Gasteiger partial charge in [0.05, 0.1) is 19.0 Å². The Bertz CT molecular complexity index is 711. The van der Waals surface area contributed by atoms with Gasteiger partial charge in [0, 0.05) is 36.9 Å². The zero-order chi connectivity index (χ0) is 14.5. The molecule has 6 heteroatoms. The van der Waals surface area contributed by atoms with E-state index in [1.54, 1.807) is 19.6 Å². The minimum absolute atomic E-state index is 0.798. The van der Waals surface area contributed by atoms with Crippen molar-refractivity contribution in [3.05, 3.63) is 43.2 Å². The predicted octanol–water partition coefficient (Wildman–Crippen LogP) is 2.34. The second kappa shape index (κ2) is 6.21. The van der Waals surface area contributed by atoms with Crippen molar-refractivity contribution in [2.75, 3.05) is 19.0 Å². The van der Waals surface area contributed by atoms with Gasteiger partial charge in [-0.2, -0.15) is 0 Å². The van der Waals surface area contributed by atoms with Crippen LogP contribution in [-0.4, -0.2) is 33.2 Å². The van der Waals surface area contributed by atoms with Crippen LogP contribution in [0.5, 0.6) is 5.75 Å². The number of imidazole rings is 1. The molecule has 108 valence electrons. The molecule has 0 bridgehead atoms. The number of nitrogens with one attached hydrogen (secondary N) is 1. The molecule has 0 aliphatic rings. The number of anilines is 1. The molecule has 0 fully saturated rings. The second-order valence-electron chi connectivity index (χ2n) is 4.69. The fourth-order valence-corrected chi connectivity index (χ4v) is 2.19. The summed E-state index contributed by atoms with van der Waals surface area (Å²) in [6.45, 7) is 1.78. The molecule has 2 aromatic heterocycles. The first-order chi connectivity index (χ1) is 10.4. The SMILES string of the molecule is COc1ccc2c(NCCCn3ccnc3)ncnc2c1. The third kappa shape index (κ3) is 3.10. The van der Waals surface area contributed by atoms with Crippen molar-refractivity contribution in [3.63, 3.8) is 0 Å². The molecule has 0 amide bonds. The highest BCUT2D eigenvalue weighted by Gasteiger charge is 2.04. The van der Waals surface area contributed by atoms with E-state index in [4.69, 9.17) is 4.74 Å². The van der Waals surface area contributed by atoms with Crippen LogP contribution >= 0.6 is 0 Å². The summed E-state index contributed by atoms with van der Waals surface area (Å²) in [5, 5.41) is 4.36. The van der Waals surface area contributed by atoms with Gasteiger partial charge in [-0.3, -0.25) is 0 Å². The third-order valence-corrected chi connectivity index (χ3v) is 3.29. The average Bonchev–Trinajstić information content (AvgIpc) is 3.04. The fourth-order valence-electron chi connectivity index (χ4n) is 2.19. The van der Waals surface area contributed by atoms with Gasteiger partial charge in [0.15, 0.2) is 0 Å². The highest BCUT2D eigenvalue weighted by atomic mass is 16.5. The molecule has 3 rings (SSSR count). The maximum Gasteiger partial charge on any atom is 0.137 e. The molecule has 3 aromatic rings. The van der Waals surface area contributed by atoms with Gasteiger partial charge >= 0.3 is 0 Å². The van der Waals surface area contributed by atoms with Crippen LogP contribution < -0.4 is 10.1 Å². The van der Waals surface area contributed by atoms with E-state index in [1.165, 1.54) is 0 Å². The lowest BCUT2D eigenvalue weighted by Crippen LogP contribution is -2.07. The molecule has 1 aromatic carbocycles. The Hall–Kier alpha value is -2.63. The number of ether oxygens (including phenoxy) is 1. The van der Waals surface area contributed by atoms with Crippen LogP contribution in [0.2, 0.25) is 0 Å². The molecular formula is C15H17N5O. The summed E-state index contributed by atoms with van der Waals surface area (Å²) >= 11 is 0. The minimum Gasteiger partial charge on any atom is -0.497 e. The van der Waals surface area contributed by atoms with E-state index in [0.29, 0.717) is 0 Å². The van der Waals surface area contributed by atoms with Crippen molar-refractivity contribution in [2.24, 2.45) is 0 Å². The van der Waals surface area contributed by atoms with Crippen molar-refractivity contribution in [1.82, 2.24) is 19.5 Å². The van der Waals surface area contributed by atoms with Gasteiger partial charge in [-0.15, -0.1) is 0 Å². The van der Waals surface area contributed by atoms with Gasteiger partial charge in [-0.25, -0.2) is 15.0 Å². The lowest BCUT2D eigenvalue weighted by atomic mass is 10.2. The van der Waals surface area contributed by atoms with Gasteiger partial charge in [0.1, 0.15) is 17.9 Å². The number of nitrogens with zero attached hydrogens (tertiary/aromatic N) is 4. The van der Waals surface area contributed by atoms with E-state index < -0.39 is 0 Å². The Balaban J connectivity index is 1.66. The molecule has 2 heterocycles. The summed E-state index contributed by atoms with van der Waals surface area (Å²) < 4.78 is 7.27. The van der Waals surface area contributed by atoms with E-state index in [1.807, 2.05) is 30.7 Å². The molecule has 21 heavy (non-hydrogen) atoms. The molecule has 0 atom stereocenters. The first kappa shape index (κ1) is 13.4. The number of aromatic nitrogens is 4. The van der Waals surface area contributed by atoms with Crippen LogP contribution in [0, 0.1) is 0 Å². The van der Waals surface area contributed by atoms with Gasteiger partial charge in [0.2, 0.25) is 0 Å². The smallest absolute Gasteiger partial charge is 0.137 e. The van der Waals surface area contributed by atoms with Crippen molar-refractivity contribution in [3.8, 4) is 5.75 Å². The quantitative estimate of drug-likeness (QED) is 0.703. The van der Waals surface area contributed by atoms with Crippen molar-refractivity contribution < 1.29 is 4.74 Å². The second-order valence-corrected chi connectivity index (χ2v) is 4.69. The molecule has 1 N–H and O–H groups in total. The molecule has 0 radical (unpaired) electrons. The van der Waals surface area contributed by atoms with Crippen molar-refractivity contribution >= 4 is 16.7 Å². The lowest BCUT2D eigenvalue weighted by Gasteiger charge is -2.09. The summed E-state index contributed by atoms with van der Waals surface area (Å²) in [5.74, 6) is 1.65. The average molecular weight is 283 g/mol.